The maximum absolute atomic E-state index is 12.4. The molecule has 3 fully saturated rings. The summed E-state index contributed by atoms with van der Waals surface area (Å²) in [5, 5.41) is 3.54. The molecule has 0 aromatic carbocycles. The smallest absolute Gasteiger partial charge is 0.227 e. The summed E-state index contributed by atoms with van der Waals surface area (Å²) in [5.74, 6) is 0.626. The molecule has 2 heterocycles. The number of rotatable bonds is 4. The SMILES string of the molecule is C=CCN(C(=O)C1CC2CCC1N2)C1CC1. The molecule has 1 amide bonds. The van der Waals surface area contributed by atoms with Crippen molar-refractivity contribution in [2.24, 2.45) is 5.92 Å². The van der Waals surface area contributed by atoms with Gasteiger partial charge in [-0.3, -0.25) is 4.79 Å². The summed E-state index contributed by atoms with van der Waals surface area (Å²) >= 11 is 0. The molecule has 3 aliphatic rings. The van der Waals surface area contributed by atoms with Gasteiger partial charge in [0.25, 0.3) is 0 Å². The van der Waals surface area contributed by atoms with E-state index in [0.29, 0.717) is 24.0 Å². The van der Waals surface area contributed by atoms with Crippen LogP contribution in [0.3, 0.4) is 0 Å². The summed E-state index contributed by atoms with van der Waals surface area (Å²) in [7, 11) is 0. The quantitative estimate of drug-likeness (QED) is 0.724. The largest absolute Gasteiger partial charge is 0.336 e. The molecule has 88 valence electrons. The number of fused-ring (bicyclic) bond motifs is 2. The molecule has 3 heteroatoms. The molecule has 0 spiro atoms. The van der Waals surface area contributed by atoms with Crippen LogP contribution in [0.4, 0.5) is 0 Å². The van der Waals surface area contributed by atoms with Gasteiger partial charge in [-0.2, -0.15) is 0 Å². The van der Waals surface area contributed by atoms with Gasteiger partial charge >= 0.3 is 0 Å². The van der Waals surface area contributed by atoms with Crippen LogP contribution < -0.4 is 5.32 Å². The lowest BCUT2D eigenvalue weighted by molar-refractivity contribution is -0.136. The zero-order valence-corrected chi connectivity index (χ0v) is 9.69. The van der Waals surface area contributed by atoms with Crippen molar-refractivity contribution in [3.8, 4) is 0 Å². The Morgan fingerprint density at radius 3 is 2.69 bits per heavy atom. The van der Waals surface area contributed by atoms with E-state index in [1.807, 2.05) is 6.08 Å². The van der Waals surface area contributed by atoms with E-state index in [9.17, 15) is 4.79 Å². The van der Waals surface area contributed by atoms with E-state index < -0.39 is 0 Å². The predicted molar refractivity (Wildman–Crippen MR) is 63.0 cm³/mol. The molecular formula is C13H20N2O. The Hall–Kier alpha value is -0.830. The highest BCUT2D eigenvalue weighted by atomic mass is 16.2. The average molecular weight is 220 g/mol. The number of carbonyl (C=O) groups is 1. The van der Waals surface area contributed by atoms with Crippen molar-refractivity contribution in [3.63, 3.8) is 0 Å². The minimum Gasteiger partial charge on any atom is -0.336 e. The predicted octanol–water partition coefficient (Wildman–Crippen LogP) is 1.30. The minimum atomic E-state index is 0.249. The fourth-order valence-corrected chi connectivity index (χ4v) is 3.25. The Labute approximate surface area is 96.9 Å². The topological polar surface area (TPSA) is 32.3 Å². The molecular weight excluding hydrogens is 200 g/mol. The summed E-state index contributed by atoms with van der Waals surface area (Å²) in [6.45, 7) is 4.49. The summed E-state index contributed by atoms with van der Waals surface area (Å²) in [5.41, 5.74) is 0. The Morgan fingerprint density at radius 1 is 1.38 bits per heavy atom. The molecule has 0 radical (unpaired) electrons. The molecule has 1 saturated carbocycles. The van der Waals surface area contributed by atoms with E-state index in [0.717, 1.165) is 13.0 Å². The van der Waals surface area contributed by atoms with Crippen molar-refractivity contribution in [1.82, 2.24) is 10.2 Å². The maximum atomic E-state index is 12.4. The van der Waals surface area contributed by atoms with Crippen molar-refractivity contribution in [2.75, 3.05) is 6.54 Å². The zero-order valence-electron chi connectivity index (χ0n) is 9.69. The second kappa shape index (κ2) is 3.88. The first-order valence-corrected chi connectivity index (χ1v) is 6.47. The van der Waals surface area contributed by atoms with Gasteiger partial charge in [-0.1, -0.05) is 6.08 Å². The second-order valence-corrected chi connectivity index (χ2v) is 5.40. The highest BCUT2D eigenvalue weighted by Crippen LogP contribution is 2.36. The van der Waals surface area contributed by atoms with E-state index in [2.05, 4.69) is 16.8 Å². The van der Waals surface area contributed by atoms with Crippen LogP contribution in [-0.4, -0.2) is 35.5 Å². The number of carbonyl (C=O) groups excluding carboxylic acids is 1. The van der Waals surface area contributed by atoms with Crippen molar-refractivity contribution in [1.29, 1.82) is 0 Å². The third kappa shape index (κ3) is 1.67. The molecule has 1 aliphatic carbocycles. The van der Waals surface area contributed by atoms with Gasteiger partial charge in [0, 0.05) is 24.7 Å². The first-order valence-electron chi connectivity index (χ1n) is 6.47. The molecule has 0 aromatic rings. The van der Waals surface area contributed by atoms with Gasteiger partial charge in [0.1, 0.15) is 0 Å². The summed E-state index contributed by atoms with van der Waals surface area (Å²) in [6, 6.07) is 1.59. The van der Waals surface area contributed by atoms with Gasteiger partial charge in [0.2, 0.25) is 5.91 Å². The summed E-state index contributed by atoms with van der Waals surface area (Å²) < 4.78 is 0. The lowest BCUT2D eigenvalue weighted by atomic mass is 9.88. The highest BCUT2D eigenvalue weighted by Gasteiger charge is 2.46. The van der Waals surface area contributed by atoms with Crippen LogP contribution in [0, 0.1) is 5.92 Å². The Kier molecular flexibility index (Phi) is 2.51. The van der Waals surface area contributed by atoms with Gasteiger partial charge in [-0.05, 0) is 32.1 Å². The molecule has 0 aromatic heterocycles. The third-order valence-corrected chi connectivity index (χ3v) is 4.21. The molecule has 1 N–H and O–H groups in total. The number of nitrogens with one attached hydrogen (secondary N) is 1. The van der Waals surface area contributed by atoms with Crippen molar-refractivity contribution < 1.29 is 4.79 Å². The molecule has 2 bridgehead atoms. The Morgan fingerprint density at radius 2 is 2.19 bits per heavy atom. The van der Waals surface area contributed by atoms with Crippen molar-refractivity contribution in [2.45, 2.75) is 50.2 Å². The molecule has 3 nitrogen and oxygen atoms in total. The van der Waals surface area contributed by atoms with Crippen LogP contribution in [0.5, 0.6) is 0 Å². The van der Waals surface area contributed by atoms with Crippen molar-refractivity contribution >= 4 is 5.91 Å². The maximum Gasteiger partial charge on any atom is 0.227 e. The van der Waals surface area contributed by atoms with Crippen LogP contribution in [0.25, 0.3) is 0 Å². The molecule has 3 atom stereocenters. The number of nitrogens with zero attached hydrogens (tertiary/aromatic N) is 1. The van der Waals surface area contributed by atoms with E-state index in [4.69, 9.17) is 0 Å². The molecule has 3 unspecified atom stereocenters. The molecule has 3 rings (SSSR count). The van der Waals surface area contributed by atoms with Crippen LogP contribution in [0.2, 0.25) is 0 Å². The highest BCUT2D eigenvalue weighted by molar-refractivity contribution is 5.81. The van der Waals surface area contributed by atoms with Gasteiger partial charge in [-0.25, -0.2) is 0 Å². The first kappa shape index (κ1) is 10.3. The monoisotopic (exact) mass is 220 g/mol. The average Bonchev–Trinajstić information content (AvgIpc) is 2.91. The second-order valence-electron chi connectivity index (χ2n) is 5.40. The van der Waals surface area contributed by atoms with Crippen LogP contribution in [0.15, 0.2) is 12.7 Å². The summed E-state index contributed by atoms with van der Waals surface area (Å²) in [4.78, 5) is 14.5. The lowest BCUT2D eigenvalue weighted by Crippen LogP contribution is -2.42. The van der Waals surface area contributed by atoms with E-state index >= 15 is 0 Å². The molecule has 2 aliphatic heterocycles. The zero-order chi connectivity index (χ0) is 11.1. The number of amides is 1. The molecule has 16 heavy (non-hydrogen) atoms. The molecule has 2 saturated heterocycles. The van der Waals surface area contributed by atoms with Crippen LogP contribution in [0.1, 0.15) is 32.1 Å². The van der Waals surface area contributed by atoms with Gasteiger partial charge in [-0.15, -0.1) is 6.58 Å². The fourth-order valence-electron chi connectivity index (χ4n) is 3.25. The Bertz CT molecular complexity index is 311. The number of hydrogen-bond donors (Lipinski definition) is 1. The van der Waals surface area contributed by atoms with Gasteiger partial charge in [0.15, 0.2) is 0 Å². The summed E-state index contributed by atoms with van der Waals surface area (Å²) in [6.07, 6.45) is 7.75. The standard InChI is InChI=1S/C13H20N2O/c1-2-7-15(10-4-5-10)13(16)11-8-9-3-6-12(11)14-9/h2,9-12,14H,1,3-8H2. The van der Waals surface area contributed by atoms with Crippen molar-refractivity contribution in [3.05, 3.63) is 12.7 Å². The van der Waals surface area contributed by atoms with Crippen LogP contribution >= 0.6 is 0 Å². The van der Waals surface area contributed by atoms with Gasteiger partial charge < -0.3 is 10.2 Å². The van der Waals surface area contributed by atoms with Gasteiger partial charge in [0.05, 0.1) is 5.92 Å². The van der Waals surface area contributed by atoms with E-state index in [1.165, 1.54) is 25.7 Å². The Balaban J connectivity index is 1.68. The number of hydrogen-bond acceptors (Lipinski definition) is 2. The van der Waals surface area contributed by atoms with Crippen LogP contribution in [-0.2, 0) is 4.79 Å². The third-order valence-electron chi connectivity index (χ3n) is 4.21. The van der Waals surface area contributed by atoms with E-state index in [1.54, 1.807) is 0 Å². The fraction of sp³-hybridized carbons (Fsp3) is 0.769. The first-order chi connectivity index (χ1) is 7.79. The minimum absolute atomic E-state index is 0.249. The van der Waals surface area contributed by atoms with E-state index in [-0.39, 0.29) is 5.92 Å². The normalized spacial score (nSPS) is 36.4. The lowest BCUT2D eigenvalue weighted by Gasteiger charge is -2.28.